The molecule has 0 bridgehead atoms. The first-order chi connectivity index (χ1) is 13.5. The highest BCUT2D eigenvalue weighted by atomic mass is 31.2. The fourth-order valence-electron chi connectivity index (χ4n) is 4.47. The average Bonchev–Trinajstić information content (AvgIpc) is 3.21. The Bertz CT molecular complexity index is 1130. The van der Waals surface area contributed by atoms with Crippen molar-refractivity contribution < 1.29 is 4.57 Å². The first kappa shape index (κ1) is 18.8. The van der Waals surface area contributed by atoms with Crippen molar-refractivity contribution in [2.24, 2.45) is 0 Å². The lowest BCUT2D eigenvalue weighted by Gasteiger charge is -2.23. The maximum absolute atomic E-state index is 14.0. The molecule has 1 aliphatic rings. The van der Waals surface area contributed by atoms with E-state index in [4.69, 9.17) is 0 Å². The van der Waals surface area contributed by atoms with Crippen LogP contribution in [0.3, 0.4) is 0 Å². The lowest BCUT2D eigenvalue weighted by molar-refractivity contribution is 0.591. The summed E-state index contributed by atoms with van der Waals surface area (Å²) in [6, 6.07) is 20.2. The highest BCUT2D eigenvalue weighted by molar-refractivity contribution is 7.76. The number of fused-ring (bicyclic) bond motifs is 1. The van der Waals surface area contributed by atoms with Gasteiger partial charge in [0, 0.05) is 17.5 Å². The summed E-state index contributed by atoms with van der Waals surface area (Å²) in [7, 11) is -2.87. The lowest BCUT2D eigenvalue weighted by Crippen LogP contribution is -2.16. The Labute approximate surface area is 168 Å². The Morgan fingerprint density at radius 2 is 1.39 bits per heavy atom. The fraction of sp³-hybridized carbons (Fsp3) is 0.231. The zero-order valence-electron chi connectivity index (χ0n) is 16.8. The molecule has 0 saturated carbocycles. The Balaban J connectivity index is 1.97. The van der Waals surface area contributed by atoms with Crippen molar-refractivity contribution in [2.45, 2.75) is 33.1 Å². The molecule has 140 valence electrons. The lowest BCUT2D eigenvalue weighted by atomic mass is 9.91. The second kappa shape index (κ2) is 7.46. The normalized spacial score (nSPS) is 14.7. The second-order valence-corrected chi connectivity index (χ2v) is 10.2. The van der Waals surface area contributed by atoms with Crippen LogP contribution in [0, 0.1) is 25.4 Å². The molecule has 3 aromatic rings. The minimum absolute atomic E-state index is 0.904. The smallest absolute Gasteiger partial charge is 0.181 e. The van der Waals surface area contributed by atoms with Gasteiger partial charge in [0.2, 0.25) is 0 Å². The van der Waals surface area contributed by atoms with E-state index in [-0.39, 0.29) is 0 Å². The predicted octanol–water partition coefficient (Wildman–Crippen LogP) is 6.09. The third-order valence-electron chi connectivity index (χ3n) is 5.77. The molecule has 0 spiro atoms. The molecule has 28 heavy (non-hydrogen) atoms. The molecule has 0 radical (unpaired) electrons. The van der Waals surface area contributed by atoms with Crippen LogP contribution in [-0.2, 0) is 17.4 Å². The van der Waals surface area contributed by atoms with Gasteiger partial charge >= 0.3 is 0 Å². The molecule has 0 saturated heterocycles. The molecule has 3 aromatic carbocycles. The van der Waals surface area contributed by atoms with Crippen molar-refractivity contribution in [1.82, 2.24) is 0 Å². The minimum Gasteiger partial charge on any atom is -0.305 e. The van der Waals surface area contributed by atoms with E-state index in [9.17, 15) is 4.57 Å². The molecule has 1 atom stereocenters. The topological polar surface area (TPSA) is 17.1 Å². The Hall–Kier alpha value is -2.55. The molecule has 0 N–H and O–H groups in total. The van der Waals surface area contributed by atoms with Gasteiger partial charge in [-0.15, -0.1) is 0 Å². The third-order valence-corrected chi connectivity index (χ3v) is 7.72. The van der Waals surface area contributed by atoms with Gasteiger partial charge in [-0.05, 0) is 84.3 Å². The van der Waals surface area contributed by atoms with Gasteiger partial charge < -0.3 is 4.57 Å². The summed E-state index contributed by atoms with van der Waals surface area (Å²) >= 11 is 0. The molecule has 0 aromatic heterocycles. The Morgan fingerprint density at radius 3 is 2.04 bits per heavy atom. The van der Waals surface area contributed by atoms with E-state index in [1.54, 1.807) is 0 Å². The molecular formula is C26H25OP. The van der Waals surface area contributed by atoms with Gasteiger partial charge in [-0.1, -0.05) is 54.5 Å². The highest BCUT2D eigenvalue weighted by Gasteiger charge is 2.30. The maximum atomic E-state index is 14.0. The molecule has 1 unspecified atom stereocenters. The zero-order valence-corrected chi connectivity index (χ0v) is 17.6. The van der Waals surface area contributed by atoms with Gasteiger partial charge in [-0.2, -0.15) is 0 Å². The van der Waals surface area contributed by atoms with Crippen molar-refractivity contribution in [3.8, 4) is 22.7 Å². The van der Waals surface area contributed by atoms with Crippen molar-refractivity contribution in [1.29, 1.82) is 0 Å². The van der Waals surface area contributed by atoms with Crippen LogP contribution in [-0.4, -0.2) is 6.66 Å². The molecule has 1 aliphatic carbocycles. The number of hydrogen-bond donors (Lipinski definition) is 0. The van der Waals surface area contributed by atoms with Crippen LogP contribution >= 0.6 is 7.14 Å². The highest BCUT2D eigenvalue weighted by Crippen LogP contribution is 2.47. The summed E-state index contributed by atoms with van der Waals surface area (Å²) in [4.78, 5) is 0. The fourth-order valence-corrected chi connectivity index (χ4v) is 6.42. The summed E-state index contributed by atoms with van der Waals surface area (Å²) in [5.74, 6) is 3.16. The van der Waals surface area contributed by atoms with Crippen LogP contribution in [0.15, 0.2) is 60.7 Å². The molecule has 0 fully saturated rings. The largest absolute Gasteiger partial charge is 0.305 e. The van der Waals surface area contributed by atoms with Gasteiger partial charge in [-0.3, -0.25) is 0 Å². The van der Waals surface area contributed by atoms with Crippen LogP contribution in [0.5, 0.6) is 0 Å². The average molecular weight is 384 g/mol. The van der Waals surface area contributed by atoms with Crippen molar-refractivity contribution in [3.05, 3.63) is 88.5 Å². The summed E-state index contributed by atoms with van der Waals surface area (Å²) in [5.41, 5.74) is 11.7. The molecule has 4 rings (SSSR count). The number of hydrogen-bond acceptors (Lipinski definition) is 1. The van der Waals surface area contributed by atoms with Crippen LogP contribution < -0.4 is 5.30 Å². The Morgan fingerprint density at radius 1 is 0.821 bits per heavy atom. The van der Waals surface area contributed by atoms with Gasteiger partial charge in [0.15, 0.2) is 7.14 Å². The monoisotopic (exact) mass is 384 g/mol. The van der Waals surface area contributed by atoms with Crippen LogP contribution in [0.25, 0.3) is 11.1 Å². The van der Waals surface area contributed by atoms with E-state index in [1.807, 2.05) is 43.1 Å². The van der Waals surface area contributed by atoms with Gasteiger partial charge in [0.25, 0.3) is 0 Å². The van der Waals surface area contributed by atoms with E-state index >= 15 is 0 Å². The van der Waals surface area contributed by atoms with Crippen LogP contribution in [0.2, 0.25) is 0 Å². The molecule has 2 heteroatoms. The predicted molar refractivity (Wildman–Crippen MR) is 120 cm³/mol. The van der Waals surface area contributed by atoms with Crippen LogP contribution in [0.4, 0.5) is 0 Å². The summed E-state index contributed by atoms with van der Waals surface area (Å²) in [6.45, 7) is 6.17. The quantitative estimate of drug-likeness (QED) is 0.386. The van der Waals surface area contributed by atoms with Gasteiger partial charge in [0.1, 0.15) is 0 Å². The van der Waals surface area contributed by atoms with E-state index in [1.165, 1.54) is 28.7 Å². The SMILES string of the molecule is Cc1c2c(c(C)c(P(C)(=O)C#Cc3ccccc3)c1-c1ccccc1)CCC2. The zero-order chi connectivity index (χ0) is 19.7. The molecule has 0 heterocycles. The maximum Gasteiger partial charge on any atom is 0.181 e. The van der Waals surface area contributed by atoms with E-state index in [2.05, 4.69) is 49.7 Å². The Kier molecular flexibility index (Phi) is 5.01. The van der Waals surface area contributed by atoms with E-state index < -0.39 is 7.14 Å². The summed E-state index contributed by atoms with van der Waals surface area (Å²) < 4.78 is 14.0. The number of rotatable bonds is 2. The first-order valence-corrected chi connectivity index (χ1v) is 12.0. The van der Waals surface area contributed by atoms with Crippen LogP contribution in [0.1, 0.15) is 34.2 Å². The van der Waals surface area contributed by atoms with E-state index in [0.717, 1.165) is 34.8 Å². The van der Waals surface area contributed by atoms with Crippen molar-refractivity contribution in [2.75, 3.05) is 6.66 Å². The minimum atomic E-state index is -2.87. The molecule has 1 nitrogen and oxygen atoms in total. The van der Waals surface area contributed by atoms with Gasteiger partial charge in [0.05, 0.1) is 0 Å². The molecular weight excluding hydrogens is 359 g/mol. The van der Waals surface area contributed by atoms with Crippen molar-refractivity contribution >= 4 is 12.4 Å². The third kappa shape index (κ3) is 3.34. The summed E-state index contributed by atoms with van der Waals surface area (Å²) in [6.07, 6.45) is 3.38. The first-order valence-electron chi connectivity index (χ1n) is 9.86. The van der Waals surface area contributed by atoms with Crippen molar-refractivity contribution in [3.63, 3.8) is 0 Å². The standard InChI is InChI=1S/C26H25OP/c1-19-23-15-10-16-24(23)20(2)26(25(19)22-13-8-5-9-14-22)28(3,27)18-17-21-11-6-4-7-12-21/h4-9,11-14H,10,15-16H2,1-3H3. The molecule has 0 amide bonds. The summed E-state index contributed by atoms with van der Waals surface area (Å²) in [5, 5.41) is 0.959. The number of benzene rings is 3. The van der Waals surface area contributed by atoms with E-state index in [0.29, 0.717) is 0 Å². The van der Waals surface area contributed by atoms with Gasteiger partial charge in [-0.25, -0.2) is 0 Å². The molecule has 0 aliphatic heterocycles. The second-order valence-electron chi connectivity index (χ2n) is 7.68.